The van der Waals surface area contributed by atoms with Crippen LogP contribution in [-0.2, 0) is 25.8 Å². The summed E-state index contributed by atoms with van der Waals surface area (Å²) >= 11 is 0. The zero-order valence-electron chi connectivity index (χ0n) is 22.5. The van der Waals surface area contributed by atoms with Crippen LogP contribution < -0.4 is 10.3 Å². The van der Waals surface area contributed by atoms with Crippen molar-refractivity contribution < 1.29 is 27.6 Å². The SMILES string of the molecule is O=c1c(-c2cccc3ccccc23)c(C(F)(F)F)oc2c(C[NH+](Cc3ccccc3)Cc3ccccc3)c(O)ccc12. The molecule has 0 saturated carbocycles. The van der Waals surface area contributed by atoms with Crippen LogP contribution in [0.5, 0.6) is 5.75 Å². The van der Waals surface area contributed by atoms with Crippen LogP contribution in [-0.4, -0.2) is 5.11 Å². The summed E-state index contributed by atoms with van der Waals surface area (Å²) in [5.41, 5.74) is 0.759. The first kappa shape index (κ1) is 27.3. The molecule has 2 N–H and O–H groups in total. The van der Waals surface area contributed by atoms with E-state index in [1.165, 1.54) is 18.2 Å². The number of hydrogen-bond acceptors (Lipinski definition) is 3. The molecule has 5 aromatic carbocycles. The number of rotatable bonds is 7. The molecular weight excluding hydrogens is 539 g/mol. The lowest BCUT2D eigenvalue weighted by atomic mass is 9.95. The van der Waals surface area contributed by atoms with E-state index in [1.54, 1.807) is 36.4 Å². The van der Waals surface area contributed by atoms with Gasteiger partial charge in [-0.2, -0.15) is 13.2 Å². The number of benzene rings is 5. The molecule has 0 aliphatic rings. The predicted molar refractivity (Wildman–Crippen MR) is 157 cm³/mol. The molecule has 7 heteroatoms. The van der Waals surface area contributed by atoms with Gasteiger partial charge in [0.25, 0.3) is 0 Å². The molecule has 0 fully saturated rings. The molecule has 6 aromatic rings. The van der Waals surface area contributed by atoms with Crippen molar-refractivity contribution in [1.29, 1.82) is 0 Å². The third kappa shape index (κ3) is 5.39. The Morgan fingerprint density at radius 3 is 1.90 bits per heavy atom. The molecule has 0 radical (unpaired) electrons. The number of alkyl halides is 3. The zero-order valence-corrected chi connectivity index (χ0v) is 22.5. The maximum atomic E-state index is 14.6. The number of hydrogen-bond donors (Lipinski definition) is 2. The number of aromatic hydroxyl groups is 1. The topological polar surface area (TPSA) is 54.9 Å². The molecule has 0 bridgehead atoms. The Balaban J connectivity index is 1.53. The van der Waals surface area contributed by atoms with Crippen molar-refractivity contribution in [3.8, 4) is 16.9 Å². The summed E-state index contributed by atoms with van der Waals surface area (Å²) in [5, 5.41) is 12.1. The van der Waals surface area contributed by atoms with E-state index in [0.717, 1.165) is 16.0 Å². The van der Waals surface area contributed by atoms with Gasteiger partial charge in [-0.25, -0.2) is 0 Å². The van der Waals surface area contributed by atoms with E-state index in [1.807, 2.05) is 60.7 Å². The third-order valence-electron chi connectivity index (χ3n) is 7.48. The number of fused-ring (bicyclic) bond motifs is 2. The summed E-state index contributed by atoms with van der Waals surface area (Å²) in [6.07, 6.45) is -4.96. The Labute approximate surface area is 239 Å². The Kier molecular flexibility index (Phi) is 7.27. The molecule has 0 saturated heterocycles. The van der Waals surface area contributed by atoms with E-state index in [-0.39, 0.29) is 34.4 Å². The lowest BCUT2D eigenvalue weighted by molar-refractivity contribution is -0.941. The van der Waals surface area contributed by atoms with Gasteiger partial charge < -0.3 is 14.4 Å². The van der Waals surface area contributed by atoms with Crippen LogP contribution in [0.4, 0.5) is 13.2 Å². The van der Waals surface area contributed by atoms with Crippen LogP contribution >= 0.6 is 0 Å². The van der Waals surface area contributed by atoms with Crippen molar-refractivity contribution in [3.05, 3.63) is 148 Å². The molecule has 0 aliphatic heterocycles. The monoisotopic (exact) mass is 566 g/mol. The van der Waals surface area contributed by atoms with Gasteiger partial charge in [0, 0.05) is 11.1 Å². The Morgan fingerprint density at radius 2 is 1.26 bits per heavy atom. The van der Waals surface area contributed by atoms with E-state index in [4.69, 9.17) is 4.42 Å². The summed E-state index contributed by atoms with van der Waals surface area (Å²) in [7, 11) is 0. The second-order valence-corrected chi connectivity index (χ2v) is 10.4. The number of nitrogens with one attached hydrogen (secondary N) is 1. The molecule has 42 heavy (non-hydrogen) atoms. The molecule has 0 spiro atoms. The normalized spacial score (nSPS) is 11.9. The lowest BCUT2D eigenvalue weighted by Gasteiger charge is -2.22. The highest BCUT2D eigenvalue weighted by Crippen LogP contribution is 2.40. The highest BCUT2D eigenvalue weighted by Gasteiger charge is 2.40. The molecule has 0 atom stereocenters. The summed E-state index contributed by atoms with van der Waals surface area (Å²) in [4.78, 5) is 14.9. The van der Waals surface area contributed by atoms with Crippen LogP contribution in [0.25, 0.3) is 32.9 Å². The smallest absolute Gasteiger partial charge is 0.450 e. The van der Waals surface area contributed by atoms with Gasteiger partial charge in [0.05, 0.1) is 16.5 Å². The standard InChI is InChI=1S/C35H26F3NO3/c36-35(37,38)34-31(27-17-9-15-25-14-7-8-16-26(25)27)32(41)28-18-19-30(40)29(33(28)42-34)22-39(20-23-10-3-1-4-11-23)21-24-12-5-2-6-13-24/h1-19,40H,20-22H2/p+1. The fourth-order valence-electron chi connectivity index (χ4n) is 5.57. The molecular formula is C35H27F3NO3+. The Morgan fingerprint density at radius 1 is 0.667 bits per heavy atom. The average Bonchev–Trinajstić information content (AvgIpc) is 2.99. The van der Waals surface area contributed by atoms with Gasteiger partial charge in [-0.3, -0.25) is 4.79 Å². The summed E-state index contributed by atoms with van der Waals surface area (Å²) in [6.45, 7) is 1.20. The Hall–Kier alpha value is -4.88. The van der Waals surface area contributed by atoms with Crippen molar-refractivity contribution in [2.45, 2.75) is 25.8 Å². The van der Waals surface area contributed by atoms with Crippen LogP contribution in [0.15, 0.2) is 124 Å². The first-order valence-corrected chi connectivity index (χ1v) is 13.6. The van der Waals surface area contributed by atoms with Crippen LogP contribution in [0.1, 0.15) is 22.5 Å². The second kappa shape index (κ2) is 11.2. The number of phenols is 1. The molecule has 0 amide bonds. The average molecular weight is 567 g/mol. The van der Waals surface area contributed by atoms with Crippen LogP contribution in [0.3, 0.4) is 0 Å². The minimum atomic E-state index is -4.96. The zero-order chi connectivity index (χ0) is 29.3. The first-order valence-electron chi connectivity index (χ1n) is 13.6. The molecule has 1 heterocycles. The first-order chi connectivity index (χ1) is 20.3. The van der Waals surface area contributed by atoms with E-state index >= 15 is 0 Å². The largest absolute Gasteiger partial charge is 0.507 e. The van der Waals surface area contributed by atoms with Gasteiger partial charge >= 0.3 is 6.18 Å². The fourth-order valence-corrected chi connectivity index (χ4v) is 5.57. The van der Waals surface area contributed by atoms with Crippen molar-refractivity contribution in [2.75, 3.05) is 0 Å². The van der Waals surface area contributed by atoms with Crippen molar-refractivity contribution >= 4 is 21.7 Å². The van der Waals surface area contributed by atoms with E-state index in [9.17, 15) is 23.1 Å². The highest BCUT2D eigenvalue weighted by molar-refractivity contribution is 5.99. The third-order valence-corrected chi connectivity index (χ3v) is 7.48. The quantitative estimate of drug-likeness (QED) is 0.216. The fraction of sp³-hybridized carbons (Fsp3) is 0.114. The lowest BCUT2D eigenvalue weighted by Crippen LogP contribution is -3.08. The summed E-state index contributed by atoms with van der Waals surface area (Å²) in [6, 6.07) is 34.0. The number of quaternary nitrogens is 1. The van der Waals surface area contributed by atoms with Crippen molar-refractivity contribution in [2.24, 2.45) is 0 Å². The van der Waals surface area contributed by atoms with Gasteiger partial charge in [-0.1, -0.05) is 103 Å². The van der Waals surface area contributed by atoms with Gasteiger partial charge in [0.15, 0.2) is 5.58 Å². The number of phenolic OH excluding ortho intramolecular Hbond substituents is 1. The summed E-state index contributed by atoms with van der Waals surface area (Å²) in [5.74, 6) is -1.61. The minimum absolute atomic E-state index is 0.0162. The Bertz CT molecular complexity index is 1890. The van der Waals surface area contributed by atoms with Gasteiger partial charge in [0.2, 0.25) is 11.2 Å². The highest BCUT2D eigenvalue weighted by atomic mass is 19.4. The molecule has 4 nitrogen and oxygen atoms in total. The maximum Gasteiger partial charge on any atom is 0.450 e. The number of halogens is 3. The maximum absolute atomic E-state index is 14.6. The summed E-state index contributed by atoms with van der Waals surface area (Å²) < 4.78 is 49.5. The van der Waals surface area contributed by atoms with Crippen molar-refractivity contribution in [3.63, 3.8) is 0 Å². The minimum Gasteiger partial charge on any atom is -0.507 e. The van der Waals surface area contributed by atoms with Crippen molar-refractivity contribution in [1.82, 2.24) is 0 Å². The molecule has 1 aromatic heterocycles. The van der Waals surface area contributed by atoms with Crippen LogP contribution in [0, 0.1) is 0 Å². The second-order valence-electron chi connectivity index (χ2n) is 10.4. The molecule has 6 rings (SSSR count). The molecule has 210 valence electrons. The predicted octanol–water partition coefficient (Wildman–Crippen LogP) is 7.12. The van der Waals surface area contributed by atoms with E-state index < -0.39 is 22.9 Å². The van der Waals surface area contributed by atoms with Crippen LogP contribution in [0.2, 0.25) is 0 Å². The van der Waals surface area contributed by atoms with E-state index in [2.05, 4.69) is 0 Å². The van der Waals surface area contributed by atoms with Gasteiger partial charge in [0.1, 0.15) is 25.4 Å². The van der Waals surface area contributed by atoms with E-state index in [0.29, 0.717) is 23.9 Å². The molecule has 0 aliphatic carbocycles. The van der Waals surface area contributed by atoms with Gasteiger partial charge in [-0.05, 0) is 28.5 Å². The van der Waals surface area contributed by atoms with Gasteiger partial charge in [-0.15, -0.1) is 0 Å². The molecule has 0 unspecified atom stereocenters.